The number of carbonyl (C=O) groups excluding carboxylic acids is 2. The summed E-state index contributed by atoms with van der Waals surface area (Å²) in [6, 6.07) is 8.86. The first-order chi connectivity index (χ1) is 16.6. The molecular weight excluding hydrogens is 519 g/mol. The minimum absolute atomic E-state index is 0.00422. The van der Waals surface area contributed by atoms with Crippen molar-refractivity contribution in [2.24, 2.45) is 5.73 Å². The van der Waals surface area contributed by atoms with Crippen molar-refractivity contribution in [1.82, 2.24) is 15.6 Å². The van der Waals surface area contributed by atoms with Gasteiger partial charge in [-0.2, -0.15) is 0 Å². The summed E-state index contributed by atoms with van der Waals surface area (Å²) in [4.78, 5) is 38.9. The molecular formula is C25H26BrFN4O4. The summed E-state index contributed by atoms with van der Waals surface area (Å²) in [6.07, 6.45) is 0. The molecule has 0 aliphatic rings. The van der Waals surface area contributed by atoms with Crippen molar-refractivity contribution in [1.29, 1.82) is 0 Å². The number of aryl methyl sites for hydroxylation is 2. The third-order valence-corrected chi connectivity index (χ3v) is 6.13. The van der Waals surface area contributed by atoms with E-state index in [9.17, 15) is 18.8 Å². The zero-order chi connectivity index (χ0) is 25.7. The van der Waals surface area contributed by atoms with Gasteiger partial charge in [0, 0.05) is 29.9 Å². The van der Waals surface area contributed by atoms with E-state index in [0.29, 0.717) is 40.1 Å². The number of rotatable bonds is 8. The van der Waals surface area contributed by atoms with Crippen molar-refractivity contribution >= 4 is 27.9 Å². The van der Waals surface area contributed by atoms with Gasteiger partial charge in [-0.1, -0.05) is 12.1 Å². The van der Waals surface area contributed by atoms with Crippen LogP contribution in [0.2, 0.25) is 0 Å². The molecule has 1 aromatic heterocycles. The Labute approximate surface area is 210 Å². The lowest BCUT2D eigenvalue weighted by molar-refractivity contribution is 0.1000. The predicted molar refractivity (Wildman–Crippen MR) is 135 cm³/mol. The Balaban J connectivity index is 2.01. The van der Waals surface area contributed by atoms with Gasteiger partial charge in [-0.15, -0.1) is 0 Å². The molecule has 1 heterocycles. The fourth-order valence-corrected chi connectivity index (χ4v) is 4.04. The first-order valence-corrected chi connectivity index (χ1v) is 11.7. The third-order valence-electron chi connectivity index (χ3n) is 5.41. The van der Waals surface area contributed by atoms with E-state index >= 15 is 0 Å². The molecule has 3 amide bonds. The Hall–Kier alpha value is -3.66. The molecule has 0 aliphatic heterocycles. The highest BCUT2D eigenvalue weighted by atomic mass is 79.9. The van der Waals surface area contributed by atoms with E-state index in [4.69, 9.17) is 10.5 Å². The molecule has 0 saturated heterocycles. The molecule has 5 N–H and O–H groups in total. The maximum atomic E-state index is 13.9. The van der Waals surface area contributed by atoms with Gasteiger partial charge in [0.25, 0.3) is 5.56 Å². The lowest BCUT2D eigenvalue weighted by Crippen LogP contribution is -2.35. The van der Waals surface area contributed by atoms with Crippen LogP contribution in [0.15, 0.2) is 45.7 Å². The van der Waals surface area contributed by atoms with E-state index in [1.54, 1.807) is 38.1 Å². The largest absolute Gasteiger partial charge is 0.487 e. The second-order valence-corrected chi connectivity index (χ2v) is 8.70. The number of nitrogens with one attached hydrogen (secondary N) is 3. The summed E-state index contributed by atoms with van der Waals surface area (Å²) in [5.41, 5.74) is 9.19. The van der Waals surface area contributed by atoms with Crippen LogP contribution in [-0.4, -0.2) is 23.5 Å². The van der Waals surface area contributed by atoms with E-state index in [0.717, 1.165) is 5.56 Å². The first-order valence-electron chi connectivity index (χ1n) is 10.9. The quantitative estimate of drug-likeness (QED) is 0.341. The molecule has 2 aromatic carbocycles. The number of benzene rings is 2. The zero-order valence-electron chi connectivity index (χ0n) is 19.6. The molecule has 0 aliphatic carbocycles. The molecule has 8 nitrogen and oxygen atoms in total. The highest BCUT2D eigenvalue weighted by Crippen LogP contribution is 2.38. The normalized spacial score (nSPS) is 10.7. The van der Waals surface area contributed by atoms with Crippen molar-refractivity contribution < 1.29 is 18.7 Å². The van der Waals surface area contributed by atoms with Crippen molar-refractivity contribution in [2.75, 3.05) is 6.54 Å². The summed E-state index contributed by atoms with van der Waals surface area (Å²) >= 11 is 3.32. The first kappa shape index (κ1) is 26.0. The molecule has 35 heavy (non-hydrogen) atoms. The molecule has 0 spiro atoms. The summed E-state index contributed by atoms with van der Waals surface area (Å²) in [7, 11) is 0. The molecule has 3 rings (SSSR count). The Morgan fingerprint density at radius 2 is 1.86 bits per heavy atom. The van der Waals surface area contributed by atoms with Crippen LogP contribution in [0.1, 0.15) is 39.7 Å². The fraction of sp³-hybridized carbons (Fsp3) is 0.240. The number of hydrogen-bond acceptors (Lipinski definition) is 4. The lowest BCUT2D eigenvalue weighted by Gasteiger charge is -2.19. The van der Waals surface area contributed by atoms with E-state index in [1.807, 2.05) is 6.92 Å². The smallest absolute Gasteiger partial charge is 0.315 e. The van der Waals surface area contributed by atoms with Gasteiger partial charge in [-0.05, 0) is 83.2 Å². The summed E-state index contributed by atoms with van der Waals surface area (Å²) < 4.78 is 20.2. The summed E-state index contributed by atoms with van der Waals surface area (Å²) in [6.45, 7) is 5.93. The fourth-order valence-electron chi connectivity index (χ4n) is 3.62. The van der Waals surface area contributed by atoms with Gasteiger partial charge in [-0.3, -0.25) is 9.59 Å². The predicted octanol–water partition coefficient (Wildman–Crippen LogP) is 4.06. The van der Waals surface area contributed by atoms with Gasteiger partial charge in [0.1, 0.15) is 22.6 Å². The second-order valence-electron chi connectivity index (χ2n) is 7.91. The number of amides is 3. The lowest BCUT2D eigenvalue weighted by atomic mass is 9.96. The van der Waals surface area contributed by atoms with Gasteiger partial charge < -0.3 is 26.1 Å². The standard InChI is InChI=1S/C25H26BrFN4O4/c1-4-29-25(34)30-11-17-9-18(27)8-7-16(17)12-35-22-20(14(3)31-24(33)21(22)26)19-10-15(23(28)32)6-5-13(19)2/h5-10H,4,11-12H2,1-3H3,(H2,28,32)(H,31,33)(H2,29,30,34). The molecule has 0 atom stereocenters. The molecule has 10 heteroatoms. The van der Waals surface area contributed by atoms with Crippen LogP contribution >= 0.6 is 15.9 Å². The molecule has 0 bridgehead atoms. The van der Waals surface area contributed by atoms with Gasteiger partial charge >= 0.3 is 6.03 Å². The van der Waals surface area contributed by atoms with E-state index in [1.165, 1.54) is 12.1 Å². The van der Waals surface area contributed by atoms with Crippen LogP contribution in [0.25, 0.3) is 11.1 Å². The summed E-state index contributed by atoms with van der Waals surface area (Å²) in [5, 5.41) is 5.30. The number of halogens is 2. The maximum Gasteiger partial charge on any atom is 0.315 e. The second kappa shape index (κ2) is 11.2. The van der Waals surface area contributed by atoms with E-state index in [2.05, 4.69) is 31.5 Å². The number of aromatic amines is 1. The number of pyridine rings is 1. The van der Waals surface area contributed by atoms with Gasteiger partial charge in [0.2, 0.25) is 5.91 Å². The third kappa shape index (κ3) is 6.07. The van der Waals surface area contributed by atoms with Gasteiger partial charge in [0.05, 0.1) is 0 Å². The van der Waals surface area contributed by atoms with Crippen molar-refractivity contribution in [2.45, 2.75) is 33.9 Å². The highest BCUT2D eigenvalue weighted by molar-refractivity contribution is 9.10. The number of carbonyl (C=O) groups is 2. The Kier molecular flexibility index (Phi) is 8.29. The molecule has 3 aromatic rings. The number of hydrogen-bond donors (Lipinski definition) is 4. The van der Waals surface area contributed by atoms with Gasteiger partial charge in [-0.25, -0.2) is 9.18 Å². The number of nitrogens with two attached hydrogens (primary N) is 1. The number of urea groups is 1. The van der Waals surface area contributed by atoms with Crippen molar-refractivity contribution in [3.8, 4) is 16.9 Å². The number of ether oxygens (including phenoxy) is 1. The SMILES string of the molecule is CCNC(=O)NCc1cc(F)ccc1COc1c(-c2cc(C(N)=O)ccc2C)c(C)[nH]c(=O)c1Br. The average molecular weight is 545 g/mol. The highest BCUT2D eigenvalue weighted by Gasteiger charge is 2.20. The zero-order valence-corrected chi connectivity index (χ0v) is 21.1. The molecule has 184 valence electrons. The maximum absolute atomic E-state index is 13.9. The molecule has 0 unspecified atom stereocenters. The van der Waals surface area contributed by atoms with E-state index < -0.39 is 11.7 Å². The molecule has 0 radical (unpaired) electrons. The number of H-pyrrole nitrogens is 1. The van der Waals surface area contributed by atoms with Crippen LogP contribution in [0.5, 0.6) is 5.75 Å². The number of primary amides is 1. The monoisotopic (exact) mass is 544 g/mol. The Morgan fingerprint density at radius 3 is 2.54 bits per heavy atom. The summed E-state index contributed by atoms with van der Waals surface area (Å²) in [5.74, 6) is -0.762. The van der Waals surface area contributed by atoms with E-state index in [-0.39, 0.29) is 35.0 Å². The molecule has 0 fully saturated rings. The van der Waals surface area contributed by atoms with Crippen LogP contribution in [0.4, 0.5) is 9.18 Å². The average Bonchev–Trinajstić information content (AvgIpc) is 2.80. The Morgan fingerprint density at radius 1 is 1.11 bits per heavy atom. The van der Waals surface area contributed by atoms with Gasteiger partial charge in [0.15, 0.2) is 0 Å². The van der Waals surface area contributed by atoms with Crippen LogP contribution < -0.4 is 26.7 Å². The van der Waals surface area contributed by atoms with Crippen molar-refractivity contribution in [3.63, 3.8) is 0 Å². The number of aromatic nitrogens is 1. The van der Waals surface area contributed by atoms with Crippen LogP contribution in [0, 0.1) is 19.7 Å². The minimum Gasteiger partial charge on any atom is -0.487 e. The Bertz CT molecular complexity index is 1340. The topological polar surface area (TPSA) is 126 Å². The van der Waals surface area contributed by atoms with Crippen LogP contribution in [-0.2, 0) is 13.2 Å². The molecule has 0 saturated carbocycles. The van der Waals surface area contributed by atoms with Crippen molar-refractivity contribution in [3.05, 3.63) is 85.0 Å². The minimum atomic E-state index is -0.578. The van der Waals surface area contributed by atoms with Crippen LogP contribution in [0.3, 0.4) is 0 Å².